The van der Waals surface area contributed by atoms with Crippen LogP contribution in [0.5, 0.6) is 0 Å². The largest absolute Gasteiger partial charge is 0.347 e. The van der Waals surface area contributed by atoms with Crippen molar-refractivity contribution < 1.29 is 4.79 Å². The maximum atomic E-state index is 12.3. The van der Waals surface area contributed by atoms with Crippen molar-refractivity contribution in [2.45, 2.75) is 14.0 Å². The van der Waals surface area contributed by atoms with Gasteiger partial charge in [-0.2, -0.15) is 0 Å². The van der Waals surface area contributed by atoms with Crippen molar-refractivity contribution in [3.63, 3.8) is 0 Å². The van der Waals surface area contributed by atoms with Gasteiger partial charge in [-0.05, 0) is 28.6 Å². The molecule has 1 amide bonds. The maximum Gasteiger partial charge on any atom is 0.268 e. The molecule has 6 heteroatoms. The number of thiazole rings is 1. The average molecular weight is 355 g/mol. The van der Waals surface area contributed by atoms with Gasteiger partial charge in [-0.15, -0.1) is 22.7 Å². The minimum absolute atomic E-state index is 0. The van der Waals surface area contributed by atoms with Crippen LogP contribution in [0, 0.1) is 0 Å². The predicted molar refractivity (Wildman–Crippen MR) is 102 cm³/mol. The molecule has 0 spiro atoms. The Balaban J connectivity index is 0.00000169. The minimum Gasteiger partial charge on any atom is -0.347 e. The zero-order chi connectivity index (χ0) is 15.6. The van der Waals surface area contributed by atoms with Crippen LogP contribution in [0.15, 0.2) is 53.4 Å². The smallest absolute Gasteiger partial charge is 0.268 e. The van der Waals surface area contributed by atoms with E-state index in [0.717, 1.165) is 21.5 Å². The monoisotopic (exact) mass is 355 g/mol. The van der Waals surface area contributed by atoms with Crippen molar-refractivity contribution in [1.29, 1.82) is 0 Å². The number of nitrogens with one attached hydrogen (secondary N) is 2. The van der Waals surface area contributed by atoms with Crippen molar-refractivity contribution in [2.24, 2.45) is 0 Å². The second-order valence-corrected chi connectivity index (χ2v) is 6.90. The van der Waals surface area contributed by atoms with Crippen LogP contribution >= 0.6 is 22.7 Å². The molecule has 2 N–H and O–H groups in total. The second-order valence-electron chi connectivity index (χ2n) is 5.07. The van der Waals surface area contributed by atoms with Crippen molar-refractivity contribution in [3.05, 3.63) is 64.6 Å². The van der Waals surface area contributed by atoms with Gasteiger partial charge in [0.2, 0.25) is 0 Å². The molecule has 0 fully saturated rings. The second kappa shape index (κ2) is 6.98. The molecule has 0 aliphatic rings. The lowest BCUT2D eigenvalue weighted by Gasteiger charge is -2.09. The Kier molecular flexibility index (Phi) is 4.78. The van der Waals surface area contributed by atoms with Crippen LogP contribution in [0.3, 0.4) is 0 Å². The summed E-state index contributed by atoms with van der Waals surface area (Å²) in [4.78, 5) is 20.7. The Morgan fingerprint density at radius 1 is 1.17 bits per heavy atom. The number of rotatable bonds is 4. The first kappa shape index (κ1) is 16.4. The minimum atomic E-state index is -0.115. The number of nitrogens with zero attached hydrogens (tertiary/aromatic N) is 1. The zero-order valence-electron chi connectivity index (χ0n) is 12.1. The van der Waals surface area contributed by atoms with Gasteiger partial charge in [0.1, 0.15) is 11.3 Å². The summed E-state index contributed by atoms with van der Waals surface area (Å²) < 4.78 is 0.995. The molecule has 3 aromatic heterocycles. The standard InChI is InChI=1S/C17H13N3OS2.CH4/c21-17(13-8-15-16(20-13)19-10-23-15)18-9-11-4-1-2-5-12(11)14-6-3-7-22-14;/h1-8,10,20H,9H2,(H,18,21);1H4. The number of carbonyl (C=O) groups is 1. The number of hydrogen-bond donors (Lipinski definition) is 2. The molecule has 0 aliphatic heterocycles. The number of thiophene rings is 1. The maximum absolute atomic E-state index is 12.3. The number of aromatic amines is 1. The summed E-state index contributed by atoms with van der Waals surface area (Å²) in [5.74, 6) is -0.115. The first-order valence-corrected chi connectivity index (χ1v) is 8.89. The van der Waals surface area contributed by atoms with Crippen molar-refractivity contribution in [1.82, 2.24) is 15.3 Å². The third-order valence-electron chi connectivity index (χ3n) is 3.61. The SMILES string of the molecule is C.O=C(NCc1ccccc1-c1cccs1)c1cc2scnc2[nH]1. The summed E-state index contributed by atoms with van der Waals surface area (Å²) in [7, 11) is 0. The average Bonchev–Trinajstić information content (AvgIpc) is 3.28. The van der Waals surface area contributed by atoms with E-state index in [4.69, 9.17) is 0 Å². The lowest BCUT2D eigenvalue weighted by Crippen LogP contribution is -2.23. The van der Waals surface area contributed by atoms with Crippen LogP contribution in [-0.4, -0.2) is 15.9 Å². The Morgan fingerprint density at radius 3 is 2.83 bits per heavy atom. The molecule has 24 heavy (non-hydrogen) atoms. The van der Waals surface area contributed by atoms with Crippen LogP contribution in [0.2, 0.25) is 0 Å². The molecule has 4 aromatic rings. The van der Waals surface area contributed by atoms with Gasteiger partial charge >= 0.3 is 0 Å². The van der Waals surface area contributed by atoms with E-state index in [1.54, 1.807) is 16.8 Å². The van der Waals surface area contributed by atoms with Gasteiger partial charge < -0.3 is 10.3 Å². The summed E-state index contributed by atoms with van der Waals surface area (Å²) in [5, 5.41) is 5.04. The molecule has 0 atom stereocenters. The Hall–Kier alpha value is -2.44. The molecule has 0 aliphatic carbocycles. The number of fused-ring (bicyclic) bond motifs is 1. The van der Waals surface area contributed by atoms with Gasteiger partial charge in [0, 0.05) is 11.4 Å². The quantitative estimate of drug-likeness (QED) is 0.546. The predicted octanol–water partition coefficient (Wildman–Crippen LogP) is 4.92. The number of H-pyrrole nitrogens is 1. The normalized spacial score (nSPS) is 10.5. The zero-order valence-corrected chi connectivity index (χ0v) is 13.7. The molecule has 4 rings (SSSR count). The molecule has 122 valence electrons. The van der Waals surface area contributed by atoms with E-state index in [1.165, 1.54) is 16.2 Å². The van der Waals surface area contributed by atoms with Crippen molar-refractivity contribution in [3.8, 4) is 10.4 Å². The Morgan fingerprint density at radius 2 is 2.04 bits per heavy atom. The highest BCUT2D eigenvalue weighted by Crippen LogP contribution is 2.28. The van der Waals surface area contributed by atoms with Crippen molar-refractivity contribution >= 4 is 38.9 Å². The van der Waals surface area contributed by atoms with E-state index in [9.17, 15) is 4.79 Å². The Labute approximate surface area is 148 Å². The van der Waals surface area contributed by atoms with Crippen LogP contribution in [0.4, 0.5) is 0 Å². The third-order valence-corrected chi connectivity index (χ3v) is 5.29. The number of carbonyl (C=O) groups excluding carboxylic acids is 1. The summed E-state index contributed by atoms with van der Waals surface area (Å²) >= 11 is 3.22. The number of hydrogen-bond acceptors (Lipinski definition) is 4. The highest BCUT2D eigenvalue weighted by atomic mass is 32.1. The van der Waals surface area contributed by atoms with Gasteiger partial charge in [0.15, 0.2) is 0 Å². The molecule has 1 aromatic carbocycles. The lowest BCUT2D eigenvalue weighted by atomic mass is 10.1. The molecular weight excluding hydrogens is 338 g/mol. The van der Waals surface area contributed by atoms with Gasteiger partial charge in [0.05, 0.1) is 10.2 Å². The van der Waals surface area contributed by atoms with Crippen molar-refractivity contribution in [2.75, 3.05) is 0 Å². The van der Waals surface area contributed by atoms with E-state index in [1.807, 2.05) is 30.3 Å². The molecule has 0 unspecified atom stereocenters. The molecule has 4 nitrogen and oxygen atoms in total. The van der Waals surface area contributed by atoms with Gasteiger partial charge in [-0.3, -0.25) is 4.79 Å². The highest BCUT2D eigenvalue weighted by molar-refractivity contribution is 7.16. The van der Waals surface area contributed by atoms with Gasteiger partial charge in [-0.25, -0.2) is 4.98 Å². The van der Waals surface area contributed by atoms with Crippen LogP contribution in [0.1, 0.15) is 23.5 Å². The first-order valence-electron chi connectivity index (χ1n) is 7.13. The topological polar surface area (TPSA) is 57.8 Å². The fourth-order valence-electron chi connectivity index (χ4n) is 2.49. The van der Waals surface area contributed by atoms with E-state index in [-0.39, 0.29) is 13.3 Å². The summed E-state index contributed by atoms with van der Waals surface area (Å²) in [6.07, 6.45) is 0. The fraction of sp³-hybridized carbons (Fsp3) is 0.111. The van der Waals surface area contributed by atoms with Crippen LogP contribution < -0.4 is 5.32 Å². The van der Waals surface area contributed by atoms with E-state index in [0.29, 0.717) is 12.2 Å². The first-order chi connectivity index (χ1) is 11.3. The number of aromatic nitrogens is 2. The molecular formula is C18H17N3OS2. The summed E-state index contributed by atoms with van der Waals surface area (Å²) in [6.45, 7) is 0.493. The molecule has 0 saturated heterocycles. The fourth-order valence-corrected chi connectivity index (χ4v) is 3.95. The lowest BCUT2D eigenvalue weighted by molar-refractivity contribution is 0.0947. The summed E-state index contributed by atoms with van der Waals surface area (Å²) in [5.41, 5.74) is 5.35. The Bertz CT molecular complexity index is 925. The summed E-state index contributed by atoms with van der Waals surface area (Å²) in [6, 6.07) is 14.1. The molecule has 3 heterocycles. The van der Waals surface area contributed by atoms with E-state index >= 15 is 0 Å². The third kappa shape index (κ3) is 3.11. The highest BCUT2D eigenvalue weighted by Gasteiger charge is 2.12. The van der Waals surface area contributed by atoms with Crippen LogP contribution in [0.25, 0.3) is 20.8 Å². The van der Waals surface area contributed by atoms with Gasteiger partial charge in [-0.1, -0.05) is 37.8 Å². The molecule has 0 saturated carbocycles. The molecule has 0 bridgehead atoms. The number of benzene rings is 1. The molecule has 0 radical (unpaired) electrons. The van der Waals surface area contributed by atoms with E-state index < -0.39 is 0 Å². The van der Waals surface area contributed by atoms with E-state index in [2.05, 4.69) is 32.8 Å². The van der Waals surface area contributed by atoms with Gasteiger partial charge in [0.25, 0.3) is 5.91 Å². The number of amides is 1. The van der Waals surface area contributed by atoms with Crippen LogP contribution in [-0.2, 0) is 6.54 Å².